The van der Waals surface area contributed by atoms with E-state index in [-0.39, 0.29) is 118 Å². The van der Waals surface area contributed by atoms with Crippen molar-refractivity contribution in [2.45, 2.75) is 96.8 Å². The summed E-state index contributed by atoms with van der Waals surface area (Å²) in [5, 5.41) is 8.64. The van der Waals surface area contributed by atoms with E-state index >= 15 is 0 Å². The largest absolute Gasteiger partial charge is 1.00 e. The van der Waals surface area contributed by atoms with Gasteiger partial charge in [0.2, 0.25) is 0 Å². The molecule has 11 nitrogen and oxygen atoms in total. The fraction of sp³-hybridized carbons (Fsp3) is 1.00. The molecule has 4 atom stereocenters. The Morgan fingerprint density at radius 2 is 0.686 bits per heavy atom. The molecule has 0 fully saturated rings. The van der Waals surface area contributed by atoms with Crippen LogP contribution in [0, 0.1) is 0 Å². The second kappa shape index (κ2) is 47.9. The predicted octanol–water partition coefficient (Wildman–Crippen LogP) is -8.45. The molecule has 0 saturated carbocycles. The van der Waals surface area contributed by atoms with E-state index in [1.165, 1.54) is 83.5 Å². The average Bonchev–Trinajstić information content (AvgIpc) is 2.64. The van der Waals surface area contributed by atoms with Crippen molar-refractivity contribution in [1.29, 1.82) is 0 Å². The molecule has 0 rings (SSSR count). The van der Waals surface area contributed by atoms with Gasteiger partial charge in [0.1, 0.15) is 8.62 Å². The van der Waals surface area contributed by atoms with Gasteiger partial charge in [-0.3, -0.25) is 0 Å². The molecule has 0 aromatic heterocycles. The summed E-state index contributed by atoms with van der Waals surface area (Å²) in [6.07, 6.45) is 19.2. The summed E-state index contributed by atoms with van der Waals surface area (Å²) in [4.78, 5) is 37.0. The van der Waals surface area contributed by atoms with Crippen LogP contribution in [0.25, 0.3) is 0 Å². The number of aliphatic hydroxyl groups is 1. The molecule has 0 aromatic rings. The Labute approximate surface area is 302 Å². The Morgan fingerprint density at radius 3 is 0.829 bits per heavy atom. The summed E-state index contributed by atoms with van der Waals surface area (Å²) >= 11 is 0. The predicted molar refractivity (Wildman–Crippen MR) is 110 cm³/mol. The first-order valence-corrected chi connectivity index (χ1v) is 14.6. The van der Waals surface area contributed by atoms with Gasteiger partial charge >= 0.3 is 151 Å². The van der Waals surface area contributed by atoms with E-state index in [1.54, 1.807) is 0 Å². The van der Waals surface area contributed by atoms with Crippen molar-refractivity contribution >= 4 is 33.0 Å². The molecule has 0 aromatic carbocycles. The maximum absolute atomic E-state index is 9.24. The van der Waals surface area contributed by atoms with Crippen molar-refractivity contribution in [2.75, 3.05) is 6.61 Å². The minimum absolute atomic E-state index is 0. The van der Waals surface area contributed by atoms with Crippen LogP contribution < -0.4 is 138 Å². The smallest absolute Gasteiger partial charge is 0.563 e. The molecular formula is C16H34Na4O11P4+4. The quantitative estimate of drug-likeness (QED) is 0.0870. The Kier molecular flexibility index (Phi) is 75.4. The SMILES string of the molecule is CCCCCCCCCCCCCCCCO.O=[P+]([O-])O[P+](=O)[O-].O=[P+]([O-])O[P+](=O)[O-].[Na+].[Na+].[Na+].[Na+]. The van der Waals surface area contributed by atoms with Crippen LogP contribution in [0.2, 0.25) is 0 Å². The van der Waals surface area contributed by atoms with Crippen molar-refractivity contribution < 1.29 is 170 Å². The van der Waals surface area contributed by atoms with Gasteiger partial charge in [0.25, 0.3) is 0 Å². The number of unbranched alkanes of at least 4 members (excludes halogenated alkanes) is 13. The third-order valence-corrected chi connectivity index (χ3v) is 5.91. The third kappa shape index (κ3) is 72.9. The third-order valence-electron chi connectivity index (χ3n) is 3.78. The zero-order valence-electron chi connectivity index (χ0n) is 21.9. The molecule has 1 N–H and O–H groups in total. The van der Waals surface area contributed by atoms with E-state index in [0.717, 1.165) is 6.42 Å². The normalized spacial score (nSPS) is 10.7. The molecule has 4 unspecified atom stereocenters. The molecule has 0 aliphatic carbocycles. The zero-order valence-corrected chi connectivity index (χ0v) is 33.5. The van der Waals surface area contributed by atoms with Crippen LogP contribution in [-0.4, -0.2) is 11.7 Å². The Hall–Kier alpha value is 4.12. The van der Waals surface area contributed by atoms with Crippen LogP contribution in [0.1, 0.15) is 96.8 Å². The van der Waals surface area contributed by atoms with E-state index in [4.69, 9.17) is 5.11 Å². The van der Waals surface area contributed by atoms with Gasteiger partial charge in [0, 0.05) is 6.61 Å². The Bertz CT molecular complexity index is 421. The van der Waals surface area contributed by atoms with E-state index in [0.29, 0.717) is 6.61 Å². The van der Waals surface area contributed by atoms with Gasteiger partial charge in [-0.05, 0) is 24.7 Å². The van der Waals surface area contributed by atoms with Gasteiger partial charge in [0.15, 0.2) is 0 Å². The van der Waals surface area contributed by atoms with Crippen molar-refractivity contribution in [2.24, 2.45) is 0 Å². The van der Waals surface area contributed by atoms with Crippen molar-refractivity contribution in [3.8, 4) is 0 Å². The standard InChI is InChI=1S/C16H34O.4Na.2O5P2/c1-2-3-4-5-6-7-8-9-10-11-12-13-14-15-16-17;;;;;2*1-6(2)5-7(3)4/h17H,2-16H2,1H3;;;;;;/q;4*+1;;. The summed E-state index contributed by atoms with van der Waals surface area (Å²) < 4.78 is 43.3. The van der Waals surface area contributed by atoms with E-state index in [9.17, 15) is 37.8 Å². The van der Waals surface area contributed by atoms with Crippen LogP contribution in [0.15, 0.2) is 0 Å². The molecule has 0 saturated heterocycles. The summed E-state index contributed by atoms with van der Waals surface area (Å²) in [5.41, 5.74) is 0. The summed E-state index contributed by atoms with van der Waals surface area (Å²) in [6.45, 7) is 2.65. The molecule has 0 amide bonds. The fourth-order valence-corrected chi connectivity index (χ4v) is 3.29. The van der Waals surface area contributed by atoms with Crippen molar-refractivity contribution in [3.05, 3.63) is 0 Å². The zero-order chi connectivity index (χ0) is 24.3. The molecule has 184 valence electrons. The maximum atomic E-state index is 9.24. The molecule has 0 bridgehead atoms. The van der Waals surface area contributed by atoms with Gasteiger partial charge < -0.3 is 24.7 Å². The summed E-state index contributed by atoms with van der Waals surface area (Å²) in [7, 11) is -12.9. The van der Waals surface area contributed by atoms with Gasteiger partial charge in [0.05, 0.1) is 0 Å². The van der Waals surface area contributed by atoms with Gasteiger partial charge in [-0.2, -0.15) is 0 Å². The molecule has 19 heteroatoms. The Morgan fingerprint density at radius 1 is 0.486 bits per heavy atom. The average molecular weight is 618 g/mol. The Balaban J connectivity index is -0.0000000738. The van der Waals surface area contributed by atoms with E-state index in [2.05, 4.69) is 15.5 Å². The number of hydrogen-bond donors (Lipinski definition) is 1. The topological polar surface area (TPSA) is 199 Å². The van der Waals surface area contributed by atoms with Gasteiger partial charge in [-0.25, -0.2) is 0 Å². The fourth-order valence-electron chi connectivity index (χ4n) is 2.42. The molecule has 0 radical (unpaired) electrons. The first kappa shape index (κ1) is 55.1. The minimum Gasteiger partial charge on any atom is -0.563 e. The van der Waals surface area contributed by atoms with Crippen LogP contribution in [0.3, 0.4) is 0 Å². The second-order valence-corrected chi connectivity index (χ2v) is 9.47. The van der Waals surface area contributed by atoms with Crippen LogP contribution in [-0.2, 0) is 26.9 Å². The first-order chi connectivity index (χ1) is 14.7. The monoisotopic (exact) mass is 618 g/mol. The van der Waals surface area contributed by atoms with E-state index in [1.807, 2.05) is 0 Å². The summed E-state index contributed by atoms with van der Waals surface area (Å²) in [5.74, 6) is 0. The summed E-state index contributed by atoms with van der Waals surface area (Å²) in [6, 6.07) is 0. The minimum atomic E-state index is -3.24. The van der Waals surface area contributed by atoms with Crippen LogP contribution in [0.4, 0.5) is 0 Å². The van der Waals surface area contributed by atoms with Gasteiger partial charge in [-0.1, -0.05) is 90.4 Å². The van der Waals surface area contributed by atoms with Crippen molar-refractivity contribution in [1.82, 2.24) is 0 Å². The van der Waals surface area contributed by atoms with E-state index < -0.39 is 33.0 Å². The van der Waals surface area contributed by atoms with Gasteiger partial charge in [-0.15, -0.1) is 0 Å². The molecule has 0 spiro atoms. The number of rotatable bonds is 18. The molecule has 0 aliphatic heterocycles. The maximum Gasteiger partial charge on any atom is 1.00 e. The number of aliphatic hydroxyl groups excluding tert-OH is 1. The molecule has 0 heterocycles. The van der Waals surface area contributed by atoms with Crippen molar-refractivity contribution in [3.63, 3.8) is 0 Å². The van der Waals surface area contributed by atoms with Crippen LogP contribution in [0.5, 0.6) is 0 Å². The van der Waals surface area contributed by atoms with Crippen LogP contribution >= 0.6 is 33.0 Å². The number of hydrogen-bond acceptors (Lipinski definition) is 11. The molecule has 0 aliphatic rings. The first-order valence-electron chi connectivity index (χ1n) is 10.2. The molecule has 35 heavy (non-hydrogen) atoms. The second-order valence-electron chi connectivity index (χ2n) is 6.38. The molecular weight excluding hydrogens is 584 g/mol.